The van der Waals surface area contributed by atoms with E-state index < -0.39 is 0 Å². The molecule has 116 valence electrons. The fourth-order valence-electron chi connectivity index (χ4n) is 1.77. The van der Waals surface area contributed by atoms with Crippen molar-refractivity contribution in [2.45, 2.75) is 53.0 Å². The molecule has 0 fully saturated rings. The highest BCUT2D eigenvalue weighted by molar-refractivity contribution is 5.80. The Labute approximate surface area is 120 Å². The van der Waals surface area contributed by atoms with Crippen molar-refractivity contribution in [1.29, 1.82) is 0 Å². The van der Waals surface area contributed by atoms with Crippen LogP contribution in [-0.4, -0.2) is 62.5 Å². The van der Waals surface area contributed by atoms with Gasteiger partial charge in [-0.2, -0.15) is 0 Å². The molecule has 1 unspecified atom stereocenters. The van der Waals surface area contributed by atoms with Gasteiger partial charge in [0.25, 0.3) is 0 Å². The molecule has 0 aliphatic rings. The van der Waals surface area contributed by atoms with Crippen molar-refractivity contribution in [3.05, 3.63) is 0 Å². The molecule has 4 heteroatoms. The van der Waals surface area contributed by atoms with Gasteiger partial charge in [-0.05, 0) is 46.4 Å². The van der Waals surface area contributed by atoms with Crippen LogP contribution in [0.1, 0.15) is 47.0 Å². The Hall–Kier alpha value is -0.610. The molecule has 0 radical (unpaired) electrons. The summed E-state index contributed by atoms with van der Waals surface area (Å²) in [5, 5.41) is 3.14. The zero-order valence-electron chi connectivity index (χ0n) is 14.1. The summed E-state index contributed by atoms with van der Waals surface area (Å²) in [4.78, 5) is 15.7. The Morgan fingerprint density at radius 1 is 1.16 bits per heavy atom. The molecule has 0 spiro atoms. The van der Waals surface area contributed by atoms with Gasteiger partial charge in [0, 0.05) is 14.1 Å². The SMILES string of the molecule is CCC.CCN(CCCCNC)C(C)C(=O)N(C)C. The largest absolute Gasteiger partial charge is 0.347 e. The van der Waals surface area contributed by atoms with Crippen molar-refractivity contribution >= 4 is 5.91 Å². The lowest BCUT2D eigenvalue weighted by Crippen LogP contribution is -2.45. The Balaban J connectivity index is 0. The average molecular weight is 273 g/mol. The first-order chi connectivity index (χ1) is 8.95. The van der Waals surface area contributed by atoms with E-state index in [4.69, 9.17) is 0 Å². The van der Waals surface area contributed by atoms with Gasteiger partial charge in [0.2, 0.25) is 5.91 Å². The van der Waals surface area contributed by atoms with Crippen molar-refractivity contribution < 1.29 is 4.79 Å². The minimum atomic E-state index is -0.00501. The molecule has 19 heavy (non-hydrogen) atoms. The van der Waals surface area contributed by atoms with Crippen molar-refractivity contribution in [1.82, 2.24) is 15.1 Å². The predicted octanol–water partition coefficient (Wildman–Crippen LogP) is 2.20. The Morgan fingerprint density at radius 2 is 1.68 bits per heavy atom. The van der Waals surface area contributed by atoms with Crippen molar-refractivity contribution in [3.8, 4) is 0 Å². The standard InChI is InChI=1S/C12H27N3O.C3H8/c1-6-15(10-8-7-9-13-3)11(2)12(16)14(4)5;1-3-2/h11,13H,6-10H2,1-5H3;3H2,1-2H3. The number of unbranched alkanes of at least 4 members (excludes halogenated alkanes) is 1. The van der Waals surface area contributed by atoms with Crippen molar-refractivity contribution in [2.24, 2.45) is 0 Å². The molecule has 0 aliphatic heterocycles. The first-order valence-corrected chi connectivity index (χ1v) is 7.55. The zero-order valence-corrected chi connectivity index (χ0v) is 14.1. The van der Waals surface area contributed by atoms with E-state index in [1.165, 1.54) is 6.42 Å². The minimum absolute atomic E-state index is 0.00501. The first kappa shape index (κ1) is 20.7. The van der Waals surface area contributed by atoms with Gasteiger partial charge in [-0.15, -0.1) is 0 Å². The van der Waals surface area contributed by atoms with E-state index in [9.17, 15) is 4.79 Å². The van der Waals surface area contributed by atoms with E-state index in [-0.39, 0.29) is 11.9 Å². The molecule has 0 saturated heterocycles. The Bertz CT molecular complexity index is 208. The summed E-state index contributed by atoms with van der Waals surface area (Å²) in [5.41, 5.74) is 0. The fraction of sp³-hybridized carbons (Fsp3) is 0.933. The number of rotatable bonds is 8. The summed E-state index contributed by atoms with van der Waals surface area (Å²) in [6, 6.07) is -0.00501. The lowest BCUT2D eigenvalue weighted by molar-refractivity contribution is -0.133. The third-order valence-electron chi connectivity index (χ3n) is 2.87. The van der Waals surface area contributed by atoms with Crippen LogP contribution in [0.4, 0.5) is 0 Å². The van der Waals surface area contributed by atoms with Gasteiger partial charge < -0.3 is 10.2 Å². The predicted molar refractivity (Wildman–Crippen MR) is 84.5 cm³/mol. The summed E-state index contributed by atoms with van der Waals surface area (Å²) in [6.07, 6.45) is 3.55. The second-order valence-electron chi connectivity index (χ2n) is 5.05. The molecule has 0 aromatic rings. The monoisotopic (exact) mass is 273 g/mol. The van der Waals surface area contributed by atoms with Crippen LogP contribution in [-0.2, 0) is 4.79 Å². The highest BCUT2D eigenvalue weighted by Gasteiger charge is 2.20. The van der Waals surface area contributed by atoms with Gasteiger partial charge in [-0.3, -0.25) is 9.69 Å². The van der Waals surface area contributed by atoms with Crippen LogP contribution < -0.4 is 5.32 Å². The number of nitrogens with zero attached hydrogens (tertiary/aromatic N) is 2. The van der Waals surface area contributed by atoms with Crippen LogP contribution in [0, 0.1) is 0 Å². The van der Waals surface area contributed by atoms with Crippen LogP contribution in [0.15, 0.2) is 0 Å². The van der Waals surface area contributed by atoms with Crippen LogP contribution in [0.2, 0.25) is 0 Å². The molecule has 1 amide bonds. The van der Waals surface area contributed by atoms with Crippen LogP contribution >= 0.6 is 0 Å². The summed E-state index contributed by atoms with van der Waals surface area (Å²) >= 11 is 0. The highest BCUT2D eigenvalue weighted by atomic mass is 16.2. The molecule has 0 saturated carbocycles. The quantitative estimate of drug-likeness (QED) is 0.689. The molecule has 0 heterocycles. The maximum atomic E-state index is 11.8. The van der Waals surface area contributed by atoms with Crippen LogP contribution in [0.5, 0.6) is 0 Å². The molecular weight excluding hydrogens is 238 g/mol. The molecular formula is C15H35N3O. The Kier molecular flexibility index (Phi) is 15.1. The number of nitrogens with one attached hydrogen (secondary N) is 1. The van der Waals surface area contributed by atoms with Crippen molar-refractivity contribution in [2.75, 3.05) is 40.8 Å². The van der Waals surface area contributed by atoms with Crippen LogP contribution in [0.25, 0.3) is 0 Å². The van der Waals surface area contributed by atoms with Gasteiger partial charge in [0.1, 0.15) is 0 Å². The maximum Gasteiger partial charge on any atom is 0.239 e. The van der Waals surface area contributed by atoms with E-state index in [1.807, 2.05) is 28.1 Å². The summed E-state index contributed by atoms with van der Waals surface area (Å²) in [6.45, 7) is 11.3. The van der Waals surface area contributed by atoms with E-state index in [2.05, 4.69) is 31.0 Å². The topological polar surface area (TPSA) is 35.6 Å². The fourth-order valence-corrected chi connectivity index (χ4v) is 1.77. The summed E-state index contributed by atoms with van der Waals surface area (Å²) in [7, 11) is 5.59. The van der Waals surface area contributed by atoms with E-state index in [0.29, 0.717) is 0 Å². The number of carbonyl (C=O) groups is 1. The van der Waals surface area contributed by atoms with Gasteiger partial charge in [-0.25, -0.2) is 0 Å². The Morgan fingerprint density at radius 3 is 2.05 bits per heavy atom. The lowest BCUT2D eigenvalue weighted by Gasteiger charge is -2.28. The molecule has 0 aromatic heterocycles. The highest BCUT2D eigenvalue weighted by Crippen LogP contribution is 2.04. The number of likely N-dealkylation sites (N-methyl/N-ethyl adjacent to an activating group) is 2. The number of carbonyl (C=O) groups excluding carboxylic acids is 1. The molecule has 0 rings (SSSR count). The normalized spacial score (nSPS) is 11.8. The molecule has 0 aromatic carbocycles. The number of amides is 1. The lowest BCUT2D eigenvalue weighted by atomic mass is 10.2. The number of hydrogen-bond acceptors (Lipinski definition) is 3. The molecule has 1 N–H and O–H groups in total. The van der Waals surface area contributed by atoms with Crippen molar-refractivity contribution in [3.63, 3.8) is 0 Å². The second-order valence-corrected chi connectivity index (χ2v) is 5.05. The van der Waals surface area contributed by atoms with Gasteiger partial charge >= 0.3 is 0 Å². The third kappa shape index (κ3) is 11.0. The maximum absolute atomic E-state index is 11.8. The average Bonchev–Trinajstić information content (AvgIpc) is 2.38. The smallest absolute Gasteiger partial charge is 0.239 e. The number of hydrogen-bond donors (Lipinski definition) is 1. The minimum Gasteiger partial charge on any atom is -0.347 e. The zero-order chi connectivity index (χ0) is 15.3. The summed E-state index contributed by atoms with van der Waals surface area (Å²) in [5.74, 6) is 0.190. The molecule has 0 bridgehead atoms. The first-order valence-electron chi connectivity index (χ1n) is 7.55. The third-order valence-corrected chi connectivity index (χ3v) is 2.87. The summed E-state index contributed by atoms with van der Waals surface area (Å²) < 4.78 is 0. The van der Waals surface area contributed by atoms with E-state index >= 15 is 0 Å². The van der Waals surface area contributed by atoms with E-state index in [1.54, 1.807) is 4.90 Å². The van der Waals surface area contributed by atoms with Crippen LogP contribution in [0.3, 0.4) is 0 Å². The van der Waals surface area contributed by atoms with Gasteiger partial charge in [-0.1, -0.05) is 27.2 Å². The molecule has 0 aliphatic carbocycles. The molecule has 1 atom stereocenters. The van der Waals surface area contributed by atoms with Gasteiger partial charge in [0.05, 0.1) is 6.04 Å². The van der Waals surface area contributed by atoms with E-state index in [0.717, 1.165) is 32.5 Å². The molecule has 4 nitrogen and oxygen atoms in total. The van der Waals surface area contributed by atoms with Gasteiger partial charge in [0.15, 0.2) is 0 Å². The second kappa shape index (κ2) is 13.8.